The first-order valence-corrected chi connectivity index (χ1v) is 6.62. The predicted molar refractivity (Wildman–Crippen MR) is 70.3 cm³/mol. The number of nitro benzene ring substituents is 1. The Labute approximate surface area is 110 Å². The lowest BCUT2D eigenvalue weighted by Gasteiger charge is -1.98. The van der Waals surface area contributed by atoms with Crippen LogP contribution in [0.5, 0.6) is 0 Å². The van der Waals surface area contributed by atoms with Gasteiger partial charge in [-0.2, -0.15) is 0 Å². The standard InChI is InChI=1S/C11H10BrNO3S/c1-8(2)7-11(12)17(16)10-5-3-9(4-6-10)13(14)15/h3-6H,1-2H3. The number of hydrogen-bond acceptors (Lipinski definition) is 3. The minimum absolute atomic E-state index is 0.0203. The highest BCUT2D eigenvalue weighted by atomic mass is 79.9. The Balaban J connectivity index is 3.07. The summed E-state index contributed by atoms with van der Waals surface area (Å²) in [4.78, 5) is 10.5. The van der Waals surface area contributed by atoms with E-state index in [-0.39, 0.29) is 5.69 Å². The lowest BCUT2D eigenvalue weighted by molar-refractivity contribution is -0.384. The van der Waals surface area contributed by atoms with E-state index < -0.39 is 15.7 Å². The van der Waals surface area contributed by atoms with Gasteiger partial charge in [0.05, 0.1) is 4.92 Å². The molecule has 1 aromatic carbocycles. The topological polar surface area (TPSA) is 60.2 Å². The van der Waals surface area contributed by atoms with Gasteiger partial charge in [0.2, 0.25) is 0 Å². The molecule has 0 heterocycles. The summed E-state index contributed by atoms with van der Waals surface area (Å²) in [6.07, 6.45) is 0. The zero-order chi connectivity index (χ0) is 13.0. The van der Waals surface area contributed by atoms with Gasteiger partial charge in [-0.25, -0.2) is 4.21 Å². The Morgan fingerprint density at radius 3 is 2.29 bits per heavy atom. The average molecular weight is 316 g/mol. The zero-order valence-corrected chi connectivity index (χ0v) is 11.7. The molecule has 0 aliphatic carbocycles. The fraction of sp³-hybridized carbons (Fsp3) is 0.182. The van der Waals surface area contributed by atoms with Gasteiger partial charge in [0.1, 0.15) is 14.6 Å². The van der Waals surface area contributed by atoms with Crippen LogP contribution < -0.4 is 0 Å². The summed E-state index contributed by atoms with van der Waals surface area (Å²) < 4.78 is 12.4. The molecule has 0 radical (unpaired) electrons. The van der Waals surface area contributed by atoms with Crippen molar-refractivity contribution in [3.05, 3.63) is 49.5 Å². The number of hydrogen-bond donors (Lipinski definition) is 0. The van der Waals surface area contributed by atoms with Crippen LogP contribution in [0, 0.1) is 10.1 Å². The number of non-ortho nitro benzene ring substituents is 1. The predicted octanol–water partition coefficient (Wildman–Crippen LogP) is 3.50. The molecular weight excluding hydrogens is 306 g/mol. The van der Waals surface area contributed by atoms with Crippen LogP contribution in [0.2, 0.25) is 0 Å². The van der Waals surface area contributed by atoms with E-state index in [0.717, 1.165) is 5.57 Å². The van der Waals surface area contributed by atoms with Gasteiger partial charge in [0.25, 0.3) is 5.69 Å². The summed E-state index contributed by atoms with van der Waals surface area (Å²) in [6.45, 7) is 3.68. The van der Waals surface area contributed by atoms with E-state index in [4.69, 9.17) is 0 Å². The fourth-order valence-electron chi connectivity index (χ4n) is 1.04. The number of rotatable bonds is 3. The molecule has 1 aromatic rings. The quantitative estimate of drug-likeness (QED) is 0.487. The van der Waals surface area contributed by atoms with Gasteiger partial charge in [-0.15, -0.1) is 0 Å². The molecule has 0 fully saturated rings. The van der Waals surface area contributed by atoms with E-state index in [1.54, 1.807) is 0 Å². The molecule has 0 saturated heterocycles. The van der Waals surface area contributed by atoms with E-state index in [1.165, 1.54) is 24.3 Å². The van der Waals surface area contributed by atoms with Crippen LogP contribution in [-0.4, -0.2) is 9.13 Å². The summed E-state index contributed by atoms with van der Waals surface area (Å²) in [7, 11) is -1.39. The second kappa shape index (κ2) is 5.91. The van der Waals surface area contributed by atoms with Gasteiger partial charge >= 0.3 is 0 Å². The Hall–Kier alpha value is -1.23. The fourth-order valence-corrected chi connectivity index (χ4v) is 2.88. The van der Waals surface area contributed by atoms with Crippen LogP contribution in [0.3, 0.4) is 0 Å². The first kappa shape index (κ1) is 13.8. The largest absolute Gasteiger partial charge is 0.269 e. The minimum Gasteiger partial charge on any atom is -0.258 e. The van der Waals surface area contributed by atoms with E-state index in [9.17, 15) is 14.3 Å². The van der Waals surface area contributed by atoms with Crippen molar-refractivity contribution >= 4 is 32.4 Å². The van der Waals surface area contributed by atoms with Crippen LogP contribution in [0.15, 0.2) is 44.3 Å². The maximum Gasteiger partial charge on any atom is 0.269 e. The molecule has 0 amide bonds. The Kier molecular flexibility index (Phi) is 4.81. The zero-order valence-electron chi connectivity index (χ0n) is 9.27. The van der Waals surface area contributed by atoms with Crippen molar-refractivity contribution < 1.29 is 9.13 Å². The third-order valence-electron chi connectivity index (χ3n) is 1.77. The molecular formula is C11H10BrNO3S. The van der Waals surface area contributed by atoms with E-state index in [1.807, 2.05) is 13.8 Å². The van der Waals surface area contributed by atoms with Crippen molar-refractivity contribution in [1.29, 1.82) is 0 Å². The van der Waals surface area contributed by atoms with Gasteiger partial charge in [-0.3, -0.25) is 10.1 Å². The normalized spacial score (nSPS) is 11.5. The highest BCUT2D eigenvalue weighted by molar-refractivity contribution is 9.13. The molecule has 0 bridgehead atoms. The summed E-state index contributed by atoms with van der Waals surface area (Å²) in [6, 6.07) is 5.61. The lowest BCUT2D eigenvalue weighted by atomic mass is 10.3. The van der Waals surface area contributed by atoms with Crippen LogP contribution in [-0.2, 0) is 10.8 Å². The van der Waals surface area contributed by atoms with Crippen LogP contribution in [0.1, 0.15) is 13.8 Å². The molecule has 0 aliphatic rings. The van der Waals surface area contributed by atoms with Crippen LogP contribution in [0.25, 0.3) is 0 Å². The Morgan fingerprint density at radius 2 is 1.88 bits per heavy atom. The highest BCUT2D eigenvalue weighted by Crippen LogP contribution is 2.21. The molecule has 17 heavy (non-hydrogen) atoms. The number of allylic oxidation sites excluding steroid dienone is 1. The summed E-state index contributed by atoms with van der Waals surface area (Å²) in [5.74, 6) is 0. The van der Waals surface area contributed by atoms with Crippen molar-refractivity contribution in [2.75, 3.05) is 0 Å². The second-order valence-corrected chi connectivity index (χ2v) is 6.15. The van der Waals surface area contributed by atoms with Crippen molar-refractivity contribution in [3.8, 4) is 0 Å². The van der Waals surface area contributed by atoms with E-state index in [2.05, 4.69) is 21.7 Å². The molecule has 1 atom stereocenters. The summed E-state index contributed by atoms with van der Waals surface area (Å²) >= 11 is 3.18. The van der Waals surface area contributed by atoms with Crippen molar-refractivity contribution in [2.45, 2.75) is 18.7 Å². The lowest BCUT2D eigenvalue weighted by Crippen LogP contribution is -1.92. The summed E-state index contributed by atoms with van der Waals surface area (Å²) in [5, 5.41) is 10.5. The average Bonchev–Trinajstić information content (AvgIpc) is 2.27. The van der Waals surface area contributed by atoms with Crippen molar-refractivity contribution in [3.63, 3.8) is 0 Å². The van der Waals surface area contributed by atoms with Crippen molar-refractivity contribution in [2.24, 2.45) is 0 Å². The van der Waals surface area contributed by atoms with Gasteiger partial charge in [-0.05, 0) is 47.5 Å². The first-order valence-electron chi connectivity index (χ1n) is 4.67. The first-order chi connectivity index (χ1) is 7.91. The number of nitro groups is 1. The SMILES string of the molecule is CC(C)=C=C(Br)S(=O)c1ccc([N+](=O)[O-])cc1. The van der Waals surface area contributed by atoms with Crippen LogP contribution in [0.4, 0.5) is 5.69 Å². The molecule has 0 aliphatic heterocycles. The van der Waals surface area contributed by atoms with Crippen LogP contribution >= 0.6 is 15.9 Å². The maximum absolute atomic E-state index is 11.9. The van der Waals surface area contributed by atoms with Gasteiger partial charge < -0.3 is 0 Å². The monoisotopic (exact) mass is 315 g/mol. The number of halogens is 1. The molecule has 90 valence electrons. The molecule has 6 heteroatoms. The highest BCUT2D eigenvalue weighted by Gasteiger charge is 2.10. The second-order valence-electron chi connectivity index (χ2n) is 3.42. The third kappa shape index (κ3) is 3.93. The van der Waals surface area contributed by atoms with E-state index >= 15 is 0 Å². The number of benzene rings is 1. The molecule has 0 spiro atoms. The van der Waals surface area contributed by atoms with Gasteiger partial charge in [0, 0.05) is 17.0 Å². The molecule has 4 nitrogen and oxygen atoms in total. The third-order valence-corrected chi connectivity index (χ3v) is 3.98. The Morgan fingerprint density at radius 1 is 1.35 bits per heavy atom. The molecule has 0 saturated carbocycles. The van der Waals surface area contributed by atoms with Crippen molar-refractivity contribution in [1.82, 2.24) is 0 Å². The number of nitrogens with zero attached hydrogens (tertiary/aromatic N) is 1. The smallest absolute Gasteiger partial charge is 0.258 e. The molecule has 1 rings (SSSR count). The molecule has 0 N–H and O–H groups in total. The minimum atomic E-state index is -1.39. The van der Waals surface area contributed by atoms with E-state index in [0.29, 0.717) is 8.71 Å². The summed E-state index contributed by atoms with van der Waals surface area (Å²) in [5.41, 5.74) is 3.77. The van der Waals surface area contributed by atoms with Gasteiger partial charge in [-0.1, -0.05) is 5.73 Å². The maximum atomic E-state index is 11.9. The van der Waals surface area contributed by atoms with Gasteiger partial charge in [0.15, 0.2) is 0 Å². The Bertz CT molecular complexity index is 526. The molecule has 0 aromatic heterocycles. The molecule has 1 unspecified atom stereocenters.